The zero-order valence-electron chi connectivity index (χ0n) is 12.8. The molecule has 0 saturated heterocycles. The fourth-order valence-corrected chi connectivity index (χ4v) is 3.53. The van der Waals surface area contributed by atoms with Crippen molar-refractivity contribution in [2.24, 2.45) is 5.92 Å². The summed E-state index contributed by atoms with van der Waals surface area (Å²) in [5.74, 6) is 1.86. The van der Waals surface area contributed by atoms with E-state index in [0.29, 0.717) is 0 Å². The number of benzene rings is 1. The third-order valence-corrected chi connectivity index (χ3v) is 4.81. The highest BCUT2D eigenvalue weighted by molar-refractivity contribution is 5.25. The lowest BCUT2D eigenvalue weighted by atomic mass is 9.77. The van der Waals surface area contributed by atoms with Crippen molar-refractivity contribution in [1.29, 1.82) is 0 Å². The lowest BCUT2D eigenvalue weighted by molar-refractivity contribution is 0.308. The standard InChI is InChI=1S/C19H30/c1-3-5-7-17-10-14-19(15-11-17)18-12-8-16(6-4-2)9-13-18/h10-11,14-16,18H,3-9,12-13H2,1-2H3. The molecular weight excluding hydrogens is 228 g/mol. The maximum Gasteiger partial charge on any atom is -0.0162 e. The predicted molar refractivity (Wildman–Crippen MR) is 84.7 cm³/mol. The topological polar surface area (TPSA) is 0 Å². The zero-order chi connectivity index (χ0) is 13.5. The van der Waals surface area contributed by atoms with E-state index in [1.165, 1.54) is 63.4 Å². The van der Waals surface area contributed by atoms with Gasteiger partial charge in [-0.2, -0.15) is 0 Å². The molecule has 1 saturated carbocycles. The van der Waals surface area contributed by atoms with Gasteiger partial charge in [-0.1, -0.05) is 57.4 Å². The Bertz CT molecular complexity index is 341. The normalized spacial score (nSPS) is 23.5. The molecule has 106 valence electrons. The van der Waals surface area contributed by atoms with E-state index >= 15 is 0 Å². The van der Waals surface area contributed by atoms with Gasteiger partial charge in [0.15, 0.2) is 0 Å². The molecule has 0 heteroatoms. The highest BCUT2D eigenvalue weighted by atomic mass is 14.3. The van der Waals surface area contributed by atoms with Crippen molar-refractivity contribution in [3.8, 4) is 0 Å². The SMILES string of the molecule is CCCCc1ccc(C2CCC(CCC)CC2)cc1. The Labute approximate surface area is 119 Å². The lowest BCUT2D eigenvalue weighted by Gasteiger charge is -2.28. The Morgan fingerprint density at radius 2 is 1.58 bits per heavy atom. The molecule has 1 aliphatic rings. The average molecular weight is 258 g/mol. The van der Waals surface area contributed by atoms with Gasteiger partial charge in [0, 0.05) is 0 Å². The van der Waals surface area contributed by atoms with Crippen molar-refractivity contribution in [1.82, 2.24) is 0 Å². The number of aryl methyl sites for hydroxylation is 1. The van der Waals surface area contributed by atoms with Gasteiger partial charge < -0.3 is 0 Å². The Morgan fingerprint density at radius 3 is 2.16 bits per heavy atom. The van der Waals surface area contributed by atoms with E-state index in [1.54, 1.807) is 5.56 Å². The zero-order valence-corrected chi connectivity index (χ0v) is 12.8. The van der Waals surface area contributed by atoms with Gasteiger partial charge in [0.25, 0.3) is 0 Å². The molecule has 1 aromatic carbocycles. The molecule has 1 aliphatic carbocycles. The van der Waals surface area contributed by atoms with Crippen LogP contribution < -0.4 is 0 Å². The van der Waals surface area contributed by atoms with Crippen molar-refractivity contribution >= 4 is 0 Å². The fourth-order valence-electron chi connectivity index (χ4n) is 3.53. The van der Waals surface area contributed by atoms with Gasteiger partial charge in [0.2, 0.25) is 0 Å². The Hall–Kier alpha value is -0.780. The molecule has 0 radical (unpaired) electrons. The van der Waals surface area contributed by atoms with Crippen LogP contribution in [0.3, 0.4) is 0 Å². The Kier molecular flexibility index (Phi) is 5.94. The van der Waals surface area contributed by atoms with Crippen LogP contribution in [0.5, 0.6) is 0 Å². The smallest absolute Gasteiger partial charge is 0.0162 e. The van der Waals surface area contributed by atoms with Crippen molar-refractivity contribution in [3.63, 3.8) is 0 Å². The van der Waals surface area contributed by atoms with Crippen molar-refractivity contribution < 1.29 is 0 Å². The quantitative estimate of drug-likeness (QED) is 0.578. The van der Waals surface area contributed by atoms with Crippen LogP contribution in [0.4, 0.5) is 0 Å². The van der Waals surface area contributed by atoms with Crippen LogP contribution in [0, 0.1) is 5.92 Å². The number of rotatable bonds is 6. The average Bonchev–Trinajstić information content (AvgIpc) is 2.47. The van der Waals surface area contributed by atoms with E-state index in [9.17, 15) is 0 Å². The molecule has 1 aromatic rings. The molecule has 0 heterocycles. The van der Waals surface area contributed by atoms with E-state index in [0.717, 1.165) is 11.8 Å². The van der Waals surface area contributed by atoms with Gasteiger partial charge in [-0.25, -0.2) is 0 Å². The molecule has 0 aromatic heterocycles. The van der Waals surface area contributed by atoms with Gasteiger partial charge in [-0.05, 0) is 61.5 Å². The summed E-state index contributed by atoms with van der Waals surface area (Å²) in [6.45, 7) is 4.59. The van der Waals surface area contributed by atoms with Gasteiger partial charge in [-0.15, -0.1) is 0 Å². The van der Waals surface area contributed by atoms with Gasteiger partial charge in [-0.3, -0.25) is 0 Å². The lowest BCUT2D eigenvalue weighted by Crippen LogP contribution is -2.13. The minimum atomic E-state index is 0.841. The minimum absolute atomic E-state index is 0.841. The van der Waals surface area contributed by atoms with Crippen molar-refractivity contribution in [3.05, 3.63) is 35.4 Å². The first kappa shape index (κ1) is 14.6. The van der Waals surface area contributed by atoms with Crippen LogP contribution in [0.25, 0.3) is 0 Å². The first-order chi connectivity index (χ1) is 9.33. The summed E-state index contributed by atoms with van der Waals surface area (Å²) >= 11 is 0. The summed E-state index contributed by atoms with van der Waals surface area (Å²) in [5, 5.41) is 0. The molecular formula is C19H30. The third-order valence-electron chi connectivity index (χ3n) is 4.81. The summed E-state index contributed by atoms with van der Waals surface area (Å²) in [4.78, 5) is 0. The highest BCUT2D eigenvalue weighted by Gasteiger charge is 2.21. The summed E-state index contributed by atoms with van der Waals surface area (Å²) in [6, 6.07) is 9.53. The van der Waals surface area contributed by atoms with Crippen molar-refractivity contribution in [2.45, 2.75) is 77.6 Å². The molecule has 2 rings (SSSR count). The summed E-state index contributed by atoms with van der Waals surface area (Å²) < 4.78 is 0. The van der Waals surface area contributed by atoms with E-state index in [-0.39, 0.29) is 0 Å². The summed E-state index contributed by atoms with van der Waals surface area (Å²) in [6.07, 6.45) is 12.4. The molecule has 1 fully saturated rings. The van der Waals surface area contributed by atoms with Gasteiger partial charge in [0.1, 0.15) is 0 Å². The van der Waals surface area contributed by atoms with Crippen LogP contribution in [-0.2, 0) is 6.42 Å². The largest absolute Gasteiger partial charge is 0.0654 e. The van der Waals surface area contributed by atoms with Crippen LogP contribution in [0.1, 0.15) is 82.3 Å². The second-order valence-corrected chi connectivity index (χ2v) is 6.35. The number of unbranched alkanes of at least 4 members (excludes halogenated alkanes) is 1. The van der Waals surface area contributed by atoms with Crippen LogP contribution >= 0.6 is 0 Å². The monoisotopic (exact) mass is 258 g/mol. The molecule has 0 aliphatic heterocycles. The van der Waals surface area contributed by atoms with Crippen LogP contribution in [0.2, 0.25) is 0 Å². The molecule has 0 N–H and O–H groups in total. The second kappa shape index (κ2) is 7.72. The molecule has 0 spiro atoms. The highest BCUT2D eigenvalue weighted by Crippen LogP contribution is 2.37. The molecule has 0 amide bonds. The Morgan fingerprint density at radius 1 is 0.895 bits per heavy atom. The molecule has 0 atom stereocenters. The summed E-state index contributed by atoms with van der Waals surface area (Å²) in [7, 11) is 0. The minimum Gasteiger partial charge on any atom is -0.0654 e. The second-order valence-electron chi connectivity index (χ2n) is 6.35. The number of hydrogen-bond acceptors (Lipinski definition) is 0. The summed E-state index contributed by atoms with van der Waals surface area (Å²) in [5.41, 5.74) is 3.11. The van der Waals surface area contributed by atoms with Crippen LogP contribution in [-0.4, -0.2) is 0 Å². The maximum absolute atomic E-state index is 2.40. The van der Waals surface area contributed by atoms with Gasteiger partial charge in [0.05, 0.1) is 0 Å². The molecule has 0 nitrogen and oxygen atoms in total. The Balaban J connectivity index is 1.85. The van der Waals surface area contributed by atoms with E-state index in [4.69, 9.17) is 0 Å². The predicted octanol–water partition coefficient (Wildman–Crippen LogP) is 6.10. The van der Waals surface area contributed by atoms with Crippen molar-refractivity contribution in [2.75, 3.05) is 0 Å². The molecule has 0 unspecified atom stereocenters. The first-order valence-corrected chi connectivity index (χ1v) is 8.42. The van der Waals surface area contributed by atoms with E-state index in [1.807, 2.05) is 0 Å². The van der Waals surface area contributed by atoms with E-state index in [2.05, 4.69) is 38.1 Å². The van der Waals surface area contributed by atoms with E-state index < -0.39 is 0 Å². The molecule has 19 heavy (non-hydrogen) atoms. The molecule has 0 bridgehead atoms. The third kappa shape index (κ3) is 4.37. The number of hydrogen-bond donors (Lipinski definition) is 0. The maximum atomic E-state index is 2.40. The first-order valence-electron chi connectivity index (χ1n) is 8.42. The van der Waals surface area contributed by atoms with Gasteiger partial charge >= 0.3 is 0 Å². The van der Waals surface area contributed by atoms with Crippen LogP contribution in [0.15, 0.2) is 24.3 Å². The fraction of sp³-hybridized carbons (Fsp3) is 0.684.